The van der Waals surface area contributed by atoms with Crippen molar-refractivity contribution in [1.82, 2.24) is 15.1 Å². The van der Waals surface area contributed by atoms with E-state index in [4.69, 9.17) is 13.9 Å². The molecule has 5 rings (SSSR count). The molecule has 2 saturated heterocycles. The number of furan rings is 1. The topological polar surface area (TPSA) is 84.2 Å². The number of benzene rings is 2. The first kappa shape index (κ1) is 27.1. The first-order chi connectivity index (χ1) is 19.1. The average molecular weight is 536 g/mol. The maximum absolute atomic E-state index is 14.0. The average Bonchev–Trinajstić information content (AvgIpc) is 3.66. The zero-order valence-corrected chi connectivity index (χ0v) is 21.9. The monoisotopic (exact) mass is 535 g/mol. The van der Waals surface area contributed by atoms with Gasteiger partial charge < -0.3 is 24.1 Å². The van der Waals surface area contributed by atoms with Crippen molar-refractivity contribution in [3.8, 4) is 0 Å². The van der Waals surface area contributed by atoms with E-state index in [1.54, 1.807) is 24.3 Å². The highest BCUT2D eigenvalue weighted by Crippen LogP contribution is 2.27. The summed E-state index contributed by atoms with van der Waals surface area (Å²) >= 11 is 0. The lowest BCUT2D eigenvalue weighted by atomic mass is 10.0. The van der Waals surface area contributed by atoms with Gasteiger partial charge >= 0.3 is 0 Å². The van der Waals surface area contributed by atoms with Crippen LogP contribution in [0.5, 0.6) is 0 Å². The number of ether oxygens (including phenoxy) is 2. The van der Waals surface area contributed by atoms with Crippen molar-refractivity contribution in [2.24, 2.45) is 0 Å². The molecule has 0 saturated carbocycles. The van der Waals surface area contributed by atoms with Gasteiger partial charge in [-0.1, -0.05) is 42.5 Å². The Morgan fingerprint density at radius 1 is 1.00 bits per heavy atom. The molecule has 0 unspecified atom stereocenters. The van der Waals surface area contributed by atoms with Gasteiger partial charge in [0.2, 0.25) is 5.91 Å². The summed E-state index contributed by atoms with van der Waals surface area (Å²) in [4.78, 5) is 31.4. The van der Waals surface area contributed by atoms with Crippen LogP contribution in [0.1, 0.15) is 46.3 Å². The number of nitrogens with one attached hydrogen (secondary N) is 1. The van der Waals surface area contributed by atoms with E-state index in [2.05, 4.69) is 10.2 Å². The van der Waals surface area contributed by atoms with Crippen LogP contribution in [0.25, 0.3) is 0 Å². The van der Waals surface area contributed by atoms with Gasteiger partial charge in [0.25, 0.3) is 5.91 Å². The molecule has 2 aliphatic rings. The molecule has 2 atom stereocenters. The Morgan fingerprint density at radius 2 is 1.77 bits per heavy atom. The Labute approximate surface area is 227 Å². The molecule has 0 bridgehead atoms. The first-order valence-corrected chi connectivity index (χ1v) is 13.5. The quantitative estimate of drug-likeness (QED) is 0.424. The number of amides is 2. The maximum atomic E-state index is 14.0. The van der Waals surface area contributed by atoms with Crippen molar-refractivity contribution < 1.29 is 27.9 Å². The fourth-order valence-electron chi connectivity index (χ4n) is 4.99. The predicted molar refractivity (Wildman–Crippen MR) is 142 cm³/mol. The van der Waals surface area contributed by atoms with Gasteiger partial charge in [-0.2, -0.15) is 0 Å². The van der Waals surface area contributed by atoms with E-state index in [1.807, 2.05) is 30.3 Å². The standard InChI is InChI=1S/C30H34FN3O5/c31-24-10-8-23(9-11-24)28(29(35)32-19-25-7-4-16-38-25)34(20-22-5-2-1-3-6-22)30(36)27-13-12-26(39-27)21-33-14-17-37-18-15-33/h1-3,5-6,8-13,25,28H,4,7,14-21H2,(H,32,35)/t25-,28-/m1/s1. The van der Waals surface area contributed by atoms with Crippen molar-refractivity contribution in [3.05, 3.63) is 95.2 Å². The van der Waals surface area contributed by atoms with E-state index in [-0.39, 0.29) is 24.3 Å². The molecule has 3 heterocycles. The highest BCUT2D eigenvalue weighted by atomic mass is 19.1. The summed E-state index contributed by atoms with van der Waals surface area (Å²) in [6.07, 6.45) is 1.76. The van der Waals surface area contributed by atoms with Crippen molar-refractivity contribution >= 4 is 11.8 Å². The zero-order valence-electron chi connectivity index (χ0n) is 21.9. The van der Waals surface area contributed by atoms with Gasteiger partial charge in [-0.05, 0) is 48.2 Å². The van der Waals surface area contributed by atoms with Crippen LogP contribution in [0.15, 0.2) is 71.1 Å². The molecule has 3 aromatic rings. The smallest absolute Gasteiger partial charge is 0.290 e. The van der Waals surface area contributed by atoms with Crippen LogP contribution < -0.4 is 5.32 Å². The van der Waals surface area contributed by atoms with Crippen LogP contribution in [0, 0.1) is 5.82 Å². The SMILES string of the molecule is O=C(NC[C@H]1CCCO1)[C@@H](c1ccc(F)cc1)N(Cc1ccccc1)C(=O)c1ccc(CN2CCOCC2)o1. The molecule has 0 spiro atoms. The maximum Gasteiger partial charge on any atom is 0.290 e. The molecule has 2 amide bonds. The van der Waals surface area contributed by atoms with Crippen LogP contribution in [-0.2, 0) is 27.4 Å². The molecular formula is C30H34FN3O5. The number of carbonyl (C=O) groups excluding carboxylic acids is 2. The molecule has 2 fully saturated rings. The van der Waals surface area contributed by atoms with Crippen molar-refractivity contribution in [1.29, 1.82) is 0 Å². The third-order valence-electron chi connectivity index (χ3n) is 7.09. The van der Waals surface area contributed by atoms with Gasteiger partial charge in [0.1, 0.15) is 17.6 Å². The van der Waals surface area contributed by atoms with Crippen molar-refractivity contribution in [2.75, 3.05) is 39.5 Å². The Hall–Kier alpha value is -3.53. The van der Waals surface area contributed by atoms with Gasteiger partial charge in [-0.25, -0.2) is 4.39 Å². The van der Waals surface area contributed by atoms with Crippen LogP contribution in [0.4, 0.5) is 4.39 Å². The lowest BCUT2D eigenvalue weighted by Crippen LogP contribution is -2.45. The number of nitrogens with zero attached hydrogens (tertiary/aromatic N) is 2. The summed E-state index contributed by atoms with van der Waals surface area (Å²) < 4.78 is 30.9. The summed E-state index contributed by atoms with van der Waals surface area (Å²) in [5.74, 6) is -0.388. The number of hydrogen-bond acceptors (Lipinski definition) is 6. The van der Waals surface area contributed by atoms with Gasteiger partial charge in [-0.3, -0.25) is 14.5 Å². The van der Waals surface area contributed by atoms with Gasteiger partial charge in [0.05, 0.1) is 25.9 Å². The molecule has 0 radical (unpaired) electrons. The third kappa shape index (κ3) is 7.11. The summed E-state index contributed by atoms with van der Waals surface area (Å²) in [6.45, 7) is 4.66. The van der Waals surface area contributed by atoms with Gasteiger partial charge in [-0.15, -0.1) is 0 Å². The Bertz CT molecular complexity index is 1220. The molecule has 9 heteroatoms. The minimum atomic E-state index is -1.01. The molecule has 39 heavy (non-hydrogen) atoms. The molecule has 1 N–H and O–H groups in total. The molecule has 2 aromatic carbocycles. The second kappa shape index (κ2) is 13.0. The minimum Gasteiger partial charge on any atom is -0.455 e. The third-order valence-corrected chi connectivity index (χ3v) is 7.09. The number of hydrogen-bond donors (Lipinski definition) is 1. The van der Waals surface area contributed by atoms with Crippen molar-refractivity contribution in [3.63, 3.8) is 0 Å². The van der Waals surface area contributed by atoms with E-state index in [9.17, 15) is 14.0 Å². The Kier molecular flexibility index (Phi) is 9.03. The van der Waals surface area contributed by atoms with E-state index in [0.29, 0.717) is 44.2 Å². The fraction of sp³-hybridized carbons (Fsp3) is 0.400. The van der Waals surface area contributed by atoms with Crippen LogP contribution in [0.2, 0.25) is 0 Å². The van der Waals surface area contributed by atoms with E-state index in [0.717, 1.165) is 31.5 Å². The summed E-state index contributed by atoms with van der Waals surface area (Å²) in [7, 11) is 0. The van der Waals surface area contributed by atoms with Gasteiger partial charge in [0.15, 0.2) is 5.76 Å². The second-order valence-corrected chi connectivity index (χ2v) is 9.91. The molecule has 206 valence electrons. The van der Waals surface area contributed by atoms with E-state index in [1.165, 1.54) is 17.0 Å². The molecule has 0 aliphatic carbocycles. The largest absolute Gasteiger partial charge is 0.455 e. The van der Waals surface area contributed by atoms with E-state index >= 15 is 0 Å². The number of halogens is 1. The lowest BCUT2D eigenvalue weighted by molar-refractivity contribution is -0.126. The number of rotatable bonds is 10. The summed E-state index contributed by atoms with van der Waals surface area (Å²) in [6, 6.07) is 17.6. The van der Waals surface area contributed by atoms with Crippen molar-refractivity contribution in [2.45, 2.75) is 38.1 Å². The van der Waals surface area contributed by atoms with E-state index < -0.39 is 17.8 Å². The minimum absolute atomic E-state index is 0.0612. The summed E-state index contributed by atoms with van der Waals surface area (Å²) in [5.41, 5.74) is 1.36. The highest BCUT2D eigenvalue weighted by molar-refractivity contribution is 5.96. The first-order valence-electron chi connectivity index (χ1n) is 13.5. The van der Waals surface area contributed by atoms with Crippen LogP contribution in [0.3, 0.4) is 0 Å². The Morgan fingerprint density at radius 3 is 2.49 bits per heavy atom. The molecule has 8 nitrogen and oxygen atoms in total. The Balaban J connectivity index is 1.43. The van der Waals surface area contributed by atoms with Gasteiger partial charge in [0, 0.05) is 32.8 Å². The fourth-order valence-corrected chi connectivity index (χ4v) is 4.99. The molecule has 1 aromatic heterocycles. The normalized spacial score (nSPS) is 18.5. The second-order valence-electron chi connectivity index (χ2n) is 9.91. The predicted octanol–water partition coefficient (Wildman–Crippen LogP) is 3.93. The van der Waals surface area contributed by atoms with Crippen LogP contribution >= 0.6 is 0 Å². The zero-order chi connectivity index (χ0) is 27.0. The molecule has 2 aliphatic heterocycles. The molecular weight excluding hydrogens is 501 g/mol. The highest BCUT2D eigenvalue weighted by Gasteiger charge is 2.34. The van der Waals surface area contributed by atoms with Crippen LogP contribution in [-0.4, -0.2) is 67.2 Å². The number of morpholine rings is 1. The summed E-state index contributed by atoms with van der Waals surface area (Å²) in [5, 5.41) is 2.97. The number of carbonyl (C=O) groups is 2. The lowest BCUT2D eigenvalue weighted by Gasteiger charge is -2.31.